The number of ether oxygens (including phenoxy) is 1. The SMILES string of the molecule is COC(=O)[C@@H](/N=C/c1cccc(Br)n1)C(C)C. The van der Waals surface area contributed by atoms with Gasteiger partial charge in [-0.25, -0.2) is 9.78 Å². The third-order valence-electron chi connectivity index (χ3n) is 2.18. The van der Waals surface area contributed by atoms with Crippen LogP contribution in [0.5, 0.6) is 0 Å². The Morgan fingerprint density at radius 3 is 2.76 bits per heavy atom. The van der Waals surface area contributed by atoms with E-state index in [4.69, 9.17) is 4.74 Å². The molecular weight excluding hydrogens is 284 g/mol. The van der Waals surface area contributed by atoms with E-state index in [1.54, 1.807) is 6.21 Å². The van der Waals surface area contributed by atoms with Gasteiger partial charge in [0.05, 0.1) is 12.8 Å². The summed E-state index contributed by atoms with van der Waals surface area (Å²) in [7, 11) is 1.37. The molecule has 4 nitrogen and oxygen atoms in total. The zero-order valence-electron chi connectivity index (χ0n) is 10.1. The van der Waals surface area contributed by atoms with Gasteiger partial charge in [0.2, 0.25) is 0 Å². The highest BCUT2D eigenvalue weighted by Crippen LogP contribution is 2.09. The van der Waals surface area contributed by atoms with E-state index < -0.39 is 6.04 Å². The number of aliphatic imine (C=N–C) groups is 1. The van der Waals surface area contributed by atoms with Gasteiger partial charge in [-0.3, -0.25) is 4.99 Å². The summed E-state index contributed by atoms with van der Waals surface area (Å²) in [4.78, 5) is 19.9. The van der Waals surface area contributed by atoms with Crippen molar-refractivity contribution in [2.24, 2.45) is 10.9 Å². The lowest BCUT2D eigenvalue weighted by Gasteiger charge is -2.13. The van der Waals surface area contributed by atoms with Gasteiger partial charge in [0.15, 0.2) is 0 Å². The Hall–Kier alpha value is -1.23. The summed E-state index contributed by atoms with van der Waals surface area (Å²) in [5.74, 6) is -0.239. The first-order valence-electron chi connectivity index (χ1n) is 5.28. The summed E-state index contributed by atoms with van der Waals surface area (Å²) in [5.41, 5.74) is 0.703. The van der Waals surface area contributed by atoms with Gasteiger partial charge in [-0.15, -0.1) is 0 Å². The number of hydrogen-bond donors (Lipinski definition) is 0. The first kappa shape index (κ1) is 13.8. The Morgan fingerprint density at radius 2 is 2.24 bits per heavy atom. The first-order chi connectivity index (χ1) is 8.04. The average molecular weight is 299 g/mol. The molecule has 0 bridgehead atoms. The van der Waals surface area contributed by atoms with Crippen molar-refractivity contribution in [1.29, 1.82) is 0 Å². The molecule has 0 N–H and O–H groups in total. The van der Waals surface area contributed by atoms with Crippen LogP contribution < -0.4 is 0 Å². The lowest BCUT2D eigenvalue weighted by molar-refractivity contribution is -0.143. The molecule has 1 aromatic heterocycles. The van der Waals surface area contributed by atoms with Gasteiger partial charge in [0.25, 0.3) is 0 Å². The highest BCUT2D eigenvalue weighted by Gasteiger charge is 2.21. The molecule has 1 rings (SSSR count). The topological polar surface area (TPSA) is 51.5 Å². The van der Waals surface area contributed by atoms with Gasteiger partial charge >= 0.3 is 5.97 Å². The number of halogens is 1. The summed E-state index contributed by atoms with van der Waals surface area (Å²) in [6.45, 7) is 3.85. The maximum absolute atomic E-state index is 11.5. The summed E-state index contributed by atoms with van der Waals surface area (Å²) in [6.07, 6.45) is 1.59. The van der Waals surface area contributed by atoms with E-state index in [1.165, 1.54) is 7.11 Å². The molecule has 17 heavy (non-hydrogen) atoms. The van der Waals surface area contributed by atoms with Gasteiger partial charge in [0.1, 0.15) is 10.6 Å². The molecule has 5 heteroatoms. The van der Waals surface area contributed by atoms with Crippen LogP contribution in [0, 0.1) is 5.92 Å². The highest BCUT2D eigenvalue weighted by atomic mass is 79.9. The number of rotatable bonds is 4. The fourth-order valence-electron chi connectivity index (χ4n) is 1.28. The molecule has 0 saturated heterocycles. The fraction of sp³-hybridized carbons (Fsp3) is 0.417. The van der Waals surface area contributed by atoms with Crippen LogP contribution in [0.4, 0.5) is 0 Å². The molecular formula is C12H15BrN2O2. The van der Waals surface area contributed by atoms with Crippen molar-refractivity contribution in [2.75, 3.05) is 7.11 Å². The average Bonchev–Trinajstić information content (AvgIpc) is 2.28. The van der Waals surface area contributed by atoms with Crippen LogP contribution in [0.1, 0.15) is 19.5 Å². The molecule has 0 amide bonds. The number of esters is 1. The molecule has 1 aromatic rings. The van der Waals surface area contributed by atoms with Crippen molar-refractivity contribution < 1.29 is 9.53 Å². The number of hydrogen-bond acceptors (Lipinski definition) is 4. The second kappa shape index (κ2) is 6.49. The molecule has 0 radical (unpaired) electrons. The Bertz CT molecular complexity index is 419. The van der Waals surface area contributed by atoms with Crippen LogP contribution in [-0.4, -0.2) is 30.3 Å². The summed E-state index contributed by atoms with van der Waals surface area (Å²) < 4.78 is 5.44. The third-order valence-corrected chi connectivity index (χ3v) is 2.62. The normalized spacial score (nSPS) is 13.0. The predicted molar refractivity (Wildman–Crippen MR) is 70.2 cm³/mol. The number of carbonyl (C=O) groups excluding carboxylic acids is 1. The van der Waals surface area contributed by atoms with E-state index in [1.807, 2.05) is 32.0 Å². The number of carbonyl (C=O) groups is 1. The van der Waals surface area contributed by atoms with E-state index in [0.29, 0.717) is 5.69 Å². The zero-order chi connectivity index (χ0) is 12.8. The Morgan fingerprint density at radius 1 is 1.53 bits per heavy atom. The molecule has 0 spiro atoms. The monoisotopic (exact) mass is 298 g/mol. The van der Waals surface area contributed by atoms with E-state index in [9.17, 15) is 4.79 Å². The zero-order valence-corrected chi connectivity index (χ0v) is 11.6. The lowest BCUT2D eigenvalue weighted by Crippen LogP contribution is -2.26. The minimum absolute atomic E-state index is 0.0888. The fourth-order valence-corrected chi connectivity index (χ4v) is 1.64. The number of methoxy groups -OCH3 is 1. The first-order valence-corrected chi connectivity index (χ1v) is 6.07. The van der Waals surface area contributed by atoms with Crippen LogP contribution in [0.3, 0.4) is 0 Å². The molecule has 0 aliphatic heterocycles. The van der Waals surface area contributed by atoms with Crippen LogP contribution in [0.15, 0.2) is 27.8 Å². The van der Waals surface area contributed by atoms with Crippen LogP contribution in [0.25, 0.3) is 0 Å². The Balaban J connectivity index is 2.83. The summed E-state index contributed by atoms with van der Waals surface area (Å²) in [5, 5.41) is 0. The molecule has 0 fully saturated rings. The summed E-state index contributed by atoms with van der Waals surface area (Å²) in [6, 6.07) is 5.03. The number of aromatic nitrogens is 1. The number of pyridine rings is 1. The molecule has 92 valence electrons. The Labute approximate surface area is 109 Å². The second-order valence-electron chi connectivity index (χ2n) is 3.88. The minimum Gasteiger partial charge on any atom is -0.467 e. The van der Waals surface area contributed by atoms with Crippen molar-refractivity contribution >= 4 is 28.1 Å². The molecule has 0 aliphatic carbocycles. The maximum Gasteiger partial charge on any atom is 0.330 e. The smallest absolute Gasteiger partial charge is 0.330 e. The Kier molecular flexibility index (Phi) is 5.28. The van der Waals surface area contributed by atoms with E-state index in [2.05, 4.69) is 25.9 Å². The van der Waals surface area contributed by atoms with Gasteiger partial charge in [-0.2, -0.15) is 0 Å². The minimum atomic E-state index is -0.485. The van der Waals surface area contributed by atoms with Crippen molar-refractivity contribution in [2.45, 2.75) is 19.9 Å². The van der Waals surface area contributed by atoms with E-state index >= 15 is 0 Å². The van der Waals surface area contributed by atoms with Crippen molar-refractivity contribution in [3.05, 3.63) is 28.5 Å². The van der Waals surface area contributed by atoms with Crippen LogP contribution in [-0.2, 0) is 9.53 Å². The van der Waals surface area contributed by atoms with Gasteiger partial charge in [-0.05, 0) is 34.0 Å². The van der Waals surface area contributed by atoms with Crippen LogP contribution >= 0.6 is 15.9 Å². The van der Waals surface area contributed by atoms with E-state index in [-0.39, 0.29) is 11.9 Å². The van der Waals surface area contributed by atoms with Gasteiger partial charge in [-0.1, -0.05) is 19.9 Å². The molecule has 1 heterocycles. The third kappa shape index (κ3) is 4.26. The van der Waals surface area contributed by atoms with Gasteiger partial charge < -0.3 is 4.74 Å². The molecule has 0 unspecified atom stereocenters. The molecule has 0 saturated carbocycles. The maximum atomic E-state index is 11.5. The summed E-state index contributed by atoms with van der Waals surface area (Å²) >= 11 is 3.28. The van der Waals surface area contributed by atoms with E-state index in [0.717, 1.165) is 4.60 Å². The standard InChI is InChI=1S/C12H15BrN2O2/c1-8(2)11(12(16)17-3)14-7-9-5-4-6-10(13)15-9/h4-8,11H,1-3H3/b14-7+/t11-/m0/s1. The number of nitrogens with zero attached hydrogens (tertiary/aromatic N) is 2. The van der Waals surface area contributed by atoms with Crippen LogP contribution in [0.2, 0.25) is 0 Å². The largest absolute Gasteiger partial charge is 0.467 e. The predicted octanol–water partition coefficient (Wildman–Crippen LogP) is 2.46. The molecule has 0 aromatic carbocycles. The molecule has 1 atom stereocenters. The highest BCUT2D eigenvalue weighted by molar-refractivity contribution is 9.10. The van der Waals surface area contributed by atoms with Gasteiger partial charge in [0, 0.05) is 6.21 Å². The lowest BCUT2D eigenvalue weighted by atomic mass is 10.1. The second-order valence-corrected chi connectivity index (χ2v) is 4.69. The quantitative estimate of drug-likeness (QED) is 0.487. The van der Waals surface area contributed by atoms with Crippen molar-refractivity contribution in [1.82, 2.24) is 4.98 Å². The molecule has 0 aliphatic rings. The van der Waals surface area contributed by atoms with Crippen molar-refractivity contribution in [3.63, 3.8) is 0 Å². The van der Waals surface area contributed by atoms with Crippen molar-refractivity contribution in [3.8, 4) is 0 Å².